The zero-order valence-electron chi connectivity index (χ0n) is 13.8. The van der Waals surface area contributed by atoms with Crippen LogP contribution in [0.1, 0.15) is 11.1 Å². The van der Waals surface area contributed by atoms with Gasteiger partial charge in [0.1, 0.15) is 24.4 Å². The summed E-state index contributed by atoms with van der Waals surface area (Å²) in [4.78, 5) is 0. The number of ether oxygens (including phenoxy) is 1. The lowest BCUT2D eigenvalue weighted by Crippen LogP contribution is -2.64. The normalized spacial score (nSPS) is 28.6. The second-order valence-electron chi connectivity index (χ2n) is 5.90. The van der Waals surface area contributed by atoms with Crippen molar-refractivity contribution < 1.29 is 38.3 Å². The third-order valence-electron chi connectivity index (χ3n) is 3.94. The molecule has 0 amide bonds. The molecule has 0 saturated carbocycles. The van der Waals surface area contributed by atoms with Crippen molar-refractivity contribution in [2.24, 2.45) is 0 Å². The van der Waals surface area contributed by atoms with E-state index in [-0.39, 0.29) is 11.7 Å². The van der Waals surface area contributed by atoms with Crippen LogP contribution in [0.4, 0.5) is 13.2 Å². The molecule has 8 nitrogen and oxygen atoms in total. The predicted octanol–water partition coefficient (Wildman–Crippen LogP) is -1.03. The smallest absolute Gasteiger partial charge is 0.394 e. The molecule has 1 aromatic carbocycles. The van der Waals surface area contributed by atoms with Crippen molar-refractivity contribution in [3.05, 3.63) is 35.4 Å². The highest BCUT2D eigenvalue weighted by Crippen LogP contribution is 2.29. The van der Waals surface area contributed by atoms with Gasteiger partial charge in [-0.3, -0.25) is 5.43 Å². The van der Waals surface area contributed by atoms with Crippen molar-refractivity contribution in [3.63, 3.8) is 0 Å². The molecule has 0 aliphatic carbocycles. The van der Waals surface area contributed by atoms with Crippen LogP contribution in [0.15, 0.2) is 24.3 Å². The lowest BCUT2D eigenvalue weighted by Gasteiger charge is -2.40. The number of benzene rings is 1. The fourth-order valence-electron chi connectivity index (χ4n) is 2.42. The third kappa shape index (κ3) is 5.72. The molecule has 1 aliphatic heterocycles. The van der Waals surface area contributed by atoms with Crippen LogP contribution in [0.25, 0.3) is 0 Å². The van der Waals surface area contributed by atoms with Crippen molar-refractivity contribution in [1.82, 2.24) is 16.2 Å². The molecule has 0 aromatic heterocycles. The summed E-state index contributed by atoms with van der Waals surface area (Å²) in [7, 11) is 0. The number of alkyl halides is 3. The fraction of sp³-hybridized carbons (Fsp3) is 0.533. The lowest BCUT2D eigenvalue weighted by molar-refractivity contribution is -0.232. The molecule has 12 heteroatoms. The number of aliphatic hydroxyl groups is 4. The Morgan fingerprint density at radius 1 is 1.07 bits per heavy atom. The largest absolute Gasteiger partial charge is 0.416 e. The number of hydrazine groups is 1. The van der Waals surface area contributed by atoms with Gasteiger partial charge >= 0.3 is 6.18 Å². The van der Waals surface area contributed by atoms with E-state index in [2.05, 4.69) is 16.2 Å². The zero-order chi connectivity index (χ0) is 20.2. The second-order valence-corrected chi connectivity index (χ2v) is 6.30. The van der Waals surface area contributed by atoms with Gasteiger partial charge in [-0.05, 0) is 29.9 Å². The van der Waals surface area contributed by atoms with E-state index in [1.54, 1.807) is 0 Å². The van der Waals surface area contributed by atoms with Gasteiger partial charge in [0.2, 0.25) is 0 Å². The summed E-state index contributed by atoms with van der Waals surface area (Å²) in [5.41, 5.74) is 5.04. The Labute approximate surface area is 157 Å². The van der Waals surface area contributed by atoms with Gasteiger partial charge in [-0.1, -0.05) is 12.1 Å². The molecule has 7 N–H and O–H groups in total. The standard InChI is InChI=1S/C15H20F3N3O5S/c16-15(17,18)8-3-1-7(2-4-8)5-19-21-14(27)20-13-12(25)11(24)10(23)9(6-22)26-13/h1-4,9-13,19,22-25H,5-6H2,(H2,20,21,27)/t9-,10-,11+,12-,13-/m1/s1. The molecule has 1 aromatic rings. The topological polar surface area (TPSA) is 126 Å². The van der Waals surface area contributed by atoms with Gasteiger partial charge in [0.25, 0.3) is 0 Å². The Kier molecular flexibility index (Phi) is 7.33. The Morgan fingerprint density at radius 3 is 2.26 bits per heavy atom. The van der Waals surface area contributed by atoms with E-state index in [0.717, 1.165) is 12.1 Å². The highest BCUT2D eigenvalue weighted by Gasteiger charge is 2.43. The van der Waals surface area contributed by atoms with Gasteiger partial charge in [-0.25, -0.2) is 5.43 Å². The van der Waals surface area contributed by atoms with Crippen molar-refractivity contribution in [1.29, 1.82) is 0 Å². The van der Waals surface area contributed by atoms with E-state index in [1.165, 1.54) is 12.1 Å². The van der Waals surface area contributed by atoms with Gasteiger partial charge in [-0.2, -0.15) is 13.2 Å². The molecule has 27 heavy (non-hydrogen) atoms. The predicted molar refractivity (Wildman–Crippen MR) is 90.9 cm³/mol. The number of nitrogens with one attached hydrogen (secondary N) is 3. The van der Waals surface area contributed by atoms with Crippen molar-refractivity contribution in [2.75, 3.05) is 6.61 Å². The first-order valence-electron chi connectivity index (χ1n) is 7.89. The average Bonchev–Trinajstić information content (AvgIpc) is 2.62. The minimum absolute atomic E-state index is 0.0359. The van der Waals surface area contributed by atoms with Crippen LogP contribution < -0.4 is 16.2 Å². The maximum atomic E-state index is 12.5. The summed E-state index contributed by atoms with van der Waals surface area (Å²) in [6.45, 7) is -0.426. The molecule has 2 rings (SSSR count). The molecule has 0 spiro atoms. The number of halogens is 3. The van der Waals surface area contributed by atoms with Crippen LogP contribution in [0.5, 0.6) is 0 Å². The summed E-state index contributed by atoms with van der Waals surface area (Å²) in [6, 6.07) is 4.54. The van der Waals surface area contributed by atoms with E-state index in [9.17, 15) is 28.5 Å². The minimum Gasteiger partial charge on any atom is -0.394 e. The SMILES string of the molecule is OC[C@H]1O[C@@H](NC(=S)NNCc2ccc(C(F)(F)F)cc2)[C@H](O)[C@@H](O)[C@@H]1O. The third-order valence-corrected chi connectivity index (χ3v) is 4.16. The van der Waals surface area contributed by atoms with Gasteiger partial charge in [0, 0.05) is 6.54 Å². The van der Waals surface area contributed by atoms with Crippen LogP contribution in [-0.2, 0) is 17.5 Å². The number of thiocarbonyl (C=S) groups is 1. The molecule has 0 unspecified atom stereocenters. The molecule has 1 saturated heterocycles. The van der Waals surface area contributed by atoms with Crippen molar-refractivity contribution >= 4 is 17.3 Å². The van der Waals surface area contributed by atoms with E-state index in [0.29, 0.717) is 5.56 Å². The first kappa shape index (κ1) is 21.8. The molecule has 1 fully saturated rings. The van der Waals surface area contributed by atoms with Crippen molar-refractivity contribution in [3.8, 4) is 0 Å². The molecule has 0 bridgehead atoms. The lowest BCUT2D eigenvalue weighted by atomic mass is 9.98. The van der Waals surface area contributed by atoms with Gasteiger partial charge in [-0.15, -0.1) is 0 Å². The minimum atomic E-state index is -4.40. The summed E-state index contributed by atoms with van der Waals surface area (Å²) in [6.07, 6.45) is -11.2. The summed E-state index contributed by atoms with van der Waals surface area (Å²) >= 11 is 4.98. The Bertz CT molecular complexity index is 632. The molecular weight excluding hydrogens is 391 g/mol. The molecule has 5 atom stereocenters. The summed E-state index contributed by atoms with van der Waals surface area (Å²) < 4.78 is 42.7. The van der Waals surface area contributed by atoms with Gasteiger partial charge < -0.3 is 30.5 Å². The number of aliphatic hydroxyl groups excluding tert-OH is 4. The van der Waals surface area contributed by atoms with Gasteiger partial charge in [0.05, 0.1) is 12.2 Å². The quantitative estimate of drug-likeness (QED) is 0.241. The maximum absolute atomic E-state index is 12.5. The van der Waals surface area contributed by atoms with E-state index < -0.39 is 49.0 Å². The molecular formula is C15H20F3N3O5S. The number of hydrogen-bond acceptors (Lipinski definition) is 7. The maximum Gasteiger partial charge on any atom is 0.416 e. The number of rotatable bonds is 5. The van der Waals surface area contributed by atoms with Crippen LogP contribution in [0, 0.1) is 0 Å². The van der Waals surface area contributed by atoms with Crippen LogP contribution >= 0.6 is 12.2 Å². The average molecular weight is 411 g/mol. The van der Waals surface area contributed by atoms with E-state index >= 15 is 0 Å². The Balaban J connectivity index is 1.80. The van der Waals surface area contributed by atoms with Crippen molar-refractivity contribution in [2.45, 2.75) is 43.4 Å². The highest BCUT2D eigenvalue weighted by atomic mass is 32.1. The summed E-state index contributed by atoms with van der Waals surface area (Å²) in [5, 5.41) is 40.9. The molecule has 1 aliphatic rings. The zero-order valence-corrected chi connectivity index (χ0v) is 14.7. The second kappa shape index (κ2) is 9.10. The Hall–Kier alpha value is -1.54. The highest BCUT2D eigenvalue weighted by molar-refractivity contribution is 7.80. The molecule has 0 radical (unpaired) electrons. The van der Waals surface area contributed by atoms with Crippen LogP contribution in [0.3, 0.4) is 0 Å². The fourth-order valence-corrected chi connectivity index (χ4v) is 2.61. The number of hydrogen-bond donors (Lipinski definition) is 7. The van der Waals surface area contributed by atoms with Crippen LogP contribution in [0.2, 0.25) is 0 Å². The molecule has 152 valence electrons. The Morgan fingerprint density at radius 2 is 1.70 bits per heavy atom. The summed E-state index contributed by atoms with van der Waals surface area (Å²) in [5.74, 6) is 0. The molecule has 1 heterocycles. The first-order chi connectivity index (χ1) is 12.6. The first-order valence-corrected chi connectivity index (χ1v) is 8.30. The van der Waals surface area contributed by atoms with E-state index in [1.807, 2.05) is 0 Å². The van der Waals surface area contributed by atoms with Gasteiger partial charge in [0.15, 0.2) is 11.3 Å². The monoisotopic (exact) mass is 411 g/mol. The van der Waals surface area contributed by atoms with Crippen LogP contribution in [-0.4, -0.2) is 62.8 Å². The van der Waals surface area contributed by atoms with E-state index in [4.69, 9.17) is 22.1 Å².